The van der Waals surface area contributed by atoms with Crippen LogP contribution in [0.15, 0.2) is 28.8 Å². The Morgan fingerprint density at radius 3 is 2.55 bits per heavy atom. The molecule has 3 aromatic rings. The maximum Gasteiger partial charge on any atom is 0.295 e. The van der Waals surface area contributed by atoms with Gasteiger partial charge in [0.25, 0.3) is 5.89 Å². The molecule has 1 aliphatic rings. The van der Waals surface area contributed by atoms with Gasteiger partial charge < -0.3 is 10.3 Å². The molecule has 2 heterocycles. The number of nitrogens with one attached hydrogen (secondary N) is 1. The Hall–Kier alpha value is -2.70. The molecule has 0 fully saturated rings. The number of benzene rings is 1. The Bertz CT molecular complexity index is 737. The van der Waals surface area contributed by atoms with E-state index in [4.69, 9.17) is 10.3 Å². The number of rotatable bonds is 2. The predicted octanol–water partition coefficient (Wildman–Crippen LogP) is 1.32. The van der Waals surface area contributed by atoms with E-state index >= 15 is 0 Å². The van der Waals surface area contributed by atoms with E-state index in [0.29, 0.717) is 17.5 Å². The summed E-state index contributed by atoms with van der Waals surface area (Å²) in [5, 5.41) is 10.5. The lowest BCUT2D eigenvalue weighted by Crippen LogP contribution is -2.00. The quantitative estimate of drug-likeness (QED) is 0.726. The van der Waals surface area contributed by atoms with Crippen molar-refractivity contribution in [1.82, 2.24) is 25.3 Å². The Labute approximate surface area is 114 Å². The number of anilines is 1. The van der Waals surface area contributed by atoms with Crippen LogP contribution in [0.2, 0.25) is 0 Å². The zero-order valence-corrected chi connectivity index (χ0v) is 10.6. The van der Waals surface area contributed by atoms with E-state index < -0.39 is 0 Å². The van der Waals surface area contributed by atoms with Gasteiger partial charge in [-0.1, -0.05) is 29.4 Å². The van der Waals surface area contributed by atoms with E-state index in [1.807, 2.05) is 0 Å². The van der Waals surface area contributed by atoms with Crippen molar-refractivity contribution in [2.24, 2.45) is 0 Å². The Morgan fingerprint density at radius 1 is 1.15 bits per heavy atom. The van der Waals surface area contributed by atoms with Gasteiger partial charge in [-0.2, -0.15) is 9.97 Å². The molecule has 0 saturated heterocycles. The molecule has 7 nitrogen and oxygen atoms in total. The summed E-state index contributed by atoms with van der Waals surface area (Å²) in [6.45, 7) is 0. The van der Waals surface area contributed by atoms with Crippen molar-refractivity contribution in [3.63, 3.8) is 0 Å². The van der Waals surface area contributed by atoms with Crippen LogP contribution in [-0.2, 0) is 12.8 Å². The third-order valence-electron chi connectivity index (χ3n) is 3.56. The second kappa shape index (κ2) is 4.16. The minimum absolute atomic E-state index is 0.160. The largest absolute Gasteiger partial charge is 0.366 e. The highest BCUT2D eigenvalue weighted by molar-refractivity contribution is 5.42. The normalized spacial score (nSPS) is 14.6. The first-order valence-corrected chi connectivity index (χ1v) is 6.38. The molecule has 100 valence electrons. The lowest BCUT2D eigenvalue weighted by Gasteiger charge is -2.00. The van der Waals surface area contributed by atoms with Gasteiger partial charge in [0, 0.05) is 5.92 Å². The molecule has 0 spiro atoms. The number of hydrogen-bond donors (Lipinski definition) is 2. The van der Waals surface area contributed by atoms with Crippen molar-refractivity contribution in [3.8, 4) is 11.7 Å². The van der Waals surface area contributed by atoms with E-state index in [-0.39, 0.29) is 11.9 Å². The van der Waals surface area contributed by atoms with E-state index in [2.05, 4.69) is 49.6 Å². The van der Waals surface area contributed by atoms with Crippen LogP contribution in [0.5, 0.6) is 0 Å². The van der Waals surface area contributed by atoms with E-state index in [1.54, 1.807) is 0 Å². The Kier molecular flexibility index (Phi) is 2.32. The lowest BCUT2D eigenvalue weighted by molar-refractivity contribution is 0.414. The number of fused-ring (bicyclic) bond motifs is 1. The van der Waals surface area contributed by atoms with Crippen LogP contribution in [0.4, 0.5) is 5.95 Å². The van der Waals surface area contributed by atoms with Crippen molar-refractivity contribution in [2.45, 2.75) is 18.8 Å². The average molecular weight is 268 g/mol. The fraction of sp³-hybridized carbons (Fsp3) is 0.231. The molecule has 3 N–H and O–H groups in total. The first-order chi connectivity index (χ1) is 9.79. The van der Waals surface area contributed by atoms with Crippen molar-refractivity contribution < 1.29 is 4.52 Å². The maximum atomic E-state index is 5.46. The van der Waals surface area contributed by atoms with Crippen molar-refractivity contribution in [3.05, 3.63) is 41.2 Å². The van der Waals surface area contributed by atoms with Crippen LogP contribution >= 0.6 is 0 Å². The molecular formula is C13H12N6O. The number of hydrogen-bond acceptors (Lipinski definition) is 6. The van der Waals surface area contributed by atoms with Crippen molar-refractivity contribution >= 4 is 5.95 Å². The minimum Gasteiger partial charge on any atom is -0.366 e. The van der Waals surface area contributed by atoms with Gasteiger partial charge in [0.15, 0.2) is 5.82 Å². The summed E-state index contributed by atoms with van der Waals surface area (Å²) in [5.74, 6) is 1.83. The summed E-state index contributed by atoms with van der Waals surface area (Å²) in [4.78, 5) is 8.37. The second-order valence-corrected chi connectivity index (χ2v) is 4.87. The Balaban J connectivity index is 1.61. The number of aromatic nitrogens is 5. The summed E-state index contributed by atoms with van der Waals surface area (Å²) in [7, 11) is 0. The van der Waals surface area contributed by atoms with Crippen LogP contribution in [0.3, 0.4) is 0 Å². The fourth-order valence-corrected chi connectivity index (χ4v) is 2.61. The monoisotopic (exact) mass is 268 g/mol. The van der Waals surface area contributed by atoms with Crippen molar-refractivity contribution in [1.29, 1.82) is 0 Å². The smallest absolute Gasteiger partial charge is 0.295 e. The van der Waals surface area contributed by atoms with Crippen LogP contribution < -0.4 is 5.73 Å². The molecule has 2 aromatic heterocycles. The zero-order chi connectivity index (χ0) is 13.5. The SMILES string of the molecule is Nc1n[nH]c(-c2nc(C3Cc4ccccc4C3)no2)n1. The van der Waals surface area contributed by atoms with Gasteiger partial charge in [0.1, 0.15) is 0 Å². The molecule has 7 heteroatoms. The lowest BCUT2D eigenvalue weighted by atomic mass is 10.1. The minimum atomic E-state index is 0.160. The highest BCUT2D eigenvalue weighted by Gasteiger charge is 2.27. The first kappa shape index (κ1) is 11.2. The molecule has 20 heavy (non-hydrogen) atoms. The predicted molar refractivity (Wildman–Crippen MR) is 70.7 cm³/mol. The van der Waals surface area contributed by atoms with E-state index in [1.165, 1.54) is 11.1 Å². The van der Waals surface area contributed by atoms with Crippen LogP contribution in [0.1, 0.15) is 22.9 Å². The average Bonchev–Trinajstić information content (AvgIpc) is 3.16. The fourth-order valence-electron chi connectivity index (χ4n) is 2.61. The number of aromatic amines is 1. The number of nitrogens with two attached hydrogens (primary N) is 1. The number of nitrogen functional groups attached to an aromatic ring is 1. The van der Waals surface area contributed by atoms with E-state index in [9.17, 15) is 0 Å². The van der Waals surface area contributed by atoms with Gasteiger partial charge in [-0.05, 0) is 24.0 Å². The number of H-pyrrole nitrogens is 1. The van der Waals surface area contributed by atoms with Gasteiger partial charge in [-0.25, -0.2) is 0 Å². The first-order valence-electron chi connectivity index (χ1n) is 6.38. The molecule has 0 unspecified atom stereocenters. The van der Waals surface area contributed by atoms with Gasteiger partial charge in [0.2, 0.25) is 11.8 Å². The zero-order valence-electron chi connectivity index (χ0n) is 10.6. The van der Waals surface area contributed by atoms with E-state index in [0.717, 1.165) is 12.8 Å². The molecule has 1 aromatic carbocycles. The van der Waals surface area contributed by atoms with Gasteiger partial charge in [0.05, 0.1) is 0 Å². The summed E-state index contributed by atoms with van der Waals surface area (Å²) in [5.41, 5.74) is 8.17. The Morgan fingerprint density at radius 2 is 1.90 bits per heavy atom. The summed E-state index contributed by atoms with van der Waals surface area (Å²) in [6.07, 6.45) is 1.88. The number of nitrogens with zero attached hydrogens (tertiary/aromatic N) is 4. The van der Waals surface area contributed by atoms with Gasteiger partial charge >= 0.3 is 0 Å². The highest BCUT2D eigenvalue weighted by Crippen LogP contribution is 2.32. The second-order valence-electron chi connectivity index (χ2n) is 4.87. The van der Waals surface area contributed by atoms with Crippen LogP contribution in [0.25, 0.3) is 11.7 Å². The summed E-state index contributed by atoms with van der Waals surface area (Å²) in [6, 6.07) is 8.40. The van der Waals surface area contributed by atoms with Crippen LogP contribution in [0, 0.1) is 0 Å². The molecule has 0 aliphatic heterocycles. The molecule has 0 amide bonds. The molecular weight excluding hydrogens is 256 g/mol. The van der Waals surface area contributed by atoms with Gasteiger partial charge in [-0.3, -0.25) is 5.10 Å². The summed E-state index contributed by atoms with van der Waals surface area (Å²) < 4.78 is 5.22. The van der Waals surface area contributed by atoms with Gasteiger partial charge in [-0.15, -0.1) is 5.10 Å². The molecule has 0 bridgehead atoms. The molecule has 4 rings (SSSR count). The standard InChI is InChI=1S/C13H12N6O/c14-13-16-11(17-18-13)12-15-10(19-20-12)9-5-7-3-1-2-4-8(7)6-9/h1-4,9H,5-6H2,(H3,14,16,17,18). The third-order valence-corrected chi connectivity index (χ3v) is 3.56. The molecule has 1 aliphatic carbocycles. The summed E-state index contributed by atoms with van der Waals surface area (Å²) >= 11 is 0. The van der Waals surface area contributed by atoms with Crippen LogP contribution in [-0.4, -0.2) is 25.3 Å². The van der Waals surface area contributed by atoms with Crippen molar-refractivity contribution in [2.75, 3.05) is 5.73 Å². The molecule has 0 radical (unpaired) electrons. The maximum absolute atomic E-state index is 5.46. The molecule has 0 atom stereocenters. The topological polar surface area (TPSA) is 107 Å². The third kappa shape index (κ3) is 1.75. The highest BCUT2D eigenvalue weighted by atomic mass is 16.5. The molecule has 0 saturated carbocycles.